The van der Waals surface area contributed by atoms with Crippen molar-refractivity contribution in [2.75, 3.05) is 6.61 Å². The zero-order valence-electron chi connectivity index (χ0n) is 11.5. The van der Waals surface area contributed by atoms with Gasteiger partial charge in [-0.2, -0.15) is 0 Å². The highest BCUT2D eigenvalue weighted by atomic mass is 19.2. The largest absolute Gasteiger partial charge is 0.365 e. The summed E-state index contributed by atoms with van der Waals surface area (Å²) >= 11 is 0. The SMILES string of the molecule is Cc1ccc(C(=O)C2OCCc3ccccc32)c(F)c1F. The maximum absolute atomic E-state index is 14.0. The van der Waals surface area contributed by atoms with Gasteiger partial charge in [-0.15, -0.1) is 0 Å². The monoisotopic (exact) mass is 288 g/mol. The average Bonchev–Trinajstić information content (AvgIpc) is 2.51. The predicted octanol–water partition coefficient (Wildman–Crippen LogP) is 3.77. The van der Waals surface area contributed by atoms with Crippen molar-refractivity contribution in [3.63, 3.8) is 0 Å². The molecule has 0 bridgehead atoms. The lowest BCUT2D eigenvalue weighted by atomic mass is 9.92. The molecule has 0 radical (unpaired) electrons. The molecule has 0 fully saturated rings. The van der Waals surface area contributed by atoms with Gasteiger partial charge in [0.05, 0.1) is 12.2 Å². The Morgan fingerprint density at radius 1 is 1.14 bits per heavy atom. The molecule has 1 heterocycles. The second kappa shape index (κ2) is 5.37. The van der Waals surface area contributed by atoms with Gasteiger partial charge in [0.2, 0.25) is 0 Å². The summed E-state index contributed by atoms with van der Waals surface area (Å²) in [4.78, 5) is 12.5. The van der Waals surface area contributed by atoms with E-state index in [9.17, 15) is 13.6 Å². The number of fused-ring (bicyclic) bond motifs is 1. The lowest BCUT2D eigenvalue weighted by Gasteiger charge is -2.25. The first-order valence-electron chi connectivity index (χ1n) is 6.78. The molecule has 1 atom stereocenters. The van der Waals surface area contributed by atoms with Gasteiger partial charge in [-0.05, 0) is 36.1 Å². The smallest absolute Gasteiger partial charge is 0.199 e. The van der Waals surface area contributed by atoms with Crippen LogP contribution in [0.5, 0.6) is 0 Å². The number of aryl methyl sites for hydroxylation is 1. The summed E-state index contributed by atoms with van der Waals surface area (Å²) in [7, 11) is 0. The molecule has 0 spiro atoms. The van der Waals surface area contributed by atoms with Crippen LogP contribution in [0.1, 0.15) is 33.2 Å². The number of halogens is 2. The number of hydrogen-bond donors (Lipinski definition) is 0. The van der Waals surface area contributed by atoms with Crippen molar-refractivity contribution < 1.29 is 18.3 Å². The van der Waals surface area contributed by atoms with Crippen molar-refractivity contribution in [2.45, 2.75) is 19.4 Å². The van der Waals surface area contributed by atoms with Crippen molar-refractivity contribution in [3.05, 3.63) is 70.3 Å². The van der Waals surface area contributed by atoms with E-state index in [4.69, 9.17) is 4.74 Å². The molecule has 1 aliphatic rings. The number of benzene rings is 2. The Kier molecular flexibility index (Phi) is 3.55. The van der Waals surface area contributed by atoms with Crippen LogP contribution in [0.2, 0.25) is 0 Å². The molecule has 0 saturated carbocycles. The fourth-order valence-electron chi connectivity index (χ4n) is 2.59. The average molecular weight is 288 g/mol. The summed E-state index contributed by atoms with van der Waals surface area (Å²) in [5, 5.41) is 0. The van der Waals surface area contributed by atoms with Crippen molar-refractivity contribution >= 4 is 5.78 Å². The molecule has 21 heavy (non-hydrogen) atoms. The van der Waals surface area contributed by atoms with Crippen LogP contribution in [0.15, 0.2) is 36.4 Å². The standard InChI is InChI=1S/C17H14F2O2/c1-10-6-7-13(15(19)14(10)18)16(20)17-12-5-3-2-4-11(12)8-9-21-17/h2-7,17H,8-9H2,1H3. The van der Waals surface area contributed by atoms with Crippen LogP contribution in [-0.4, -0.2) is 12.4 Å². The minimum Gasteiger partial charge on any atom is -0.365 e. The predicted molar refractivity (Wildman–Crippen MR) is 74.3 cm³/mol. The Bertz CT molecular complexity index is 710. The number of ether oxygens (including phenoxy) is 1. The van der Waals surface area contributed by atoms with E-state index in [0.717, 1.165) is 11.1 Å². The highest BCUT2D eigenvalue weighted by Gasteiger charge is 2.30. The topological polar surface area (TPSA) is 26.3 Å². The number of hydrogen-bond acceptors (Lipinski definition) is 2. The minimum atomic E-state index is -1.10. The lowest BCUT2D eigenvalue weighted by molar-refractivity contribution is 0.0345. The molecule has 4 heteroatoms. The summed E-state index contributed by atoms with van der Waals surface area (Å²) in [6, 6.07) is 10.1. The van der Waals surface area contributed by atoms with Crippen molar-refractivity contribution in [1.82, 2.24) is 0 Å². The molecule has 3 rings (SSSR count). The molecule has 2 aromatic rings. The van der Waals surface area contributed by atoms with E-state index in [-0.39, 0.29) is 11.1 Å². The maximum Gasteiger partial charge on any atom is 0.199 e. The zero-order valence-corrected chi connectivity index (χ0v) is 11.5. The highest BCUT2D eigenvalue weighted by Crippen LogP contribution is 2.31. The molecular weight excluding hydrogens is 274 g/mol. The molecule has 108 valence electrons. The van der Waals surface area contributed by atoms with E-state index < -0.39 is 23.5 Å². The Morgan fingerprint density at radius 2 is 1.90 bits per heavy atom. The number of carbonyl (C=O) groups is 1. The Hall–Kier alpha value is -2.07. The summed E-state index contributed by atoms with van der Waals surface area (Å²) in [5.74, 6) is -2.63. The molecule has 1 unspecified atom stereocenters. The van der Waals surface area contributed by atoms with Crippen LogP contribution < -0.4 is 0 Å². The summed E-state index contributed by atoms with van der Waals surface area (Å²) < 4.78 is 33.1. The van der Waals surface area contributed by atoms with Gasteiger partial charge in [-0.1, -0.05) is 30.3 Å². The molecule has 2 nitrogen and oxygen atoms in total. The van der Waals surface area contributed by atoms with Crippen molar-refractivity contribution in [2.24, 2.45) is 0 Å². The first kappa shape index (κ1) is 13.9. The zero-order chi connectivity index (χ0) is 15.0. The molecule has 0 aromatic heterocycles. The van der Waals surface area contributed by atoms with Crippen LogP contribution in [0, 0.1) is 18.6 Å². The Morgan fingerprint density at radius 3 is 2.71 bits per heavy atom. The number of carbonyl (C=O) groups excluding carboxylic acids is 1. The summed E-state index contributed by atoms with van der Waals surface area (Å²) in [6.45, 7) is 1.85. The first-order valence-corrected chi connectivity index (χ1v) is 6.78. The first-order chi connectivity index (χ1) is 10.1. The fraction of sp³-hybridized carbons (Fsp3) is 0.235. The second-order valence-corrected chi connectivity index (χ2v) is 5.12. The summed E-state index contributed by atoms with van der Waals surface area (Å²) in [5.41, 5.74) is 1.65. The van der Waals surface area contributed by atoms with Crippen molar-refractivity contribution in [1.29, 1.82) is 0 Å². The normalized spacial score (nSPS) is 17.4. The molecule has 0 amide bonds. The van der Waals surface area contributed by atoms with Gasteiger partial charge >= 0.3 is 0 Å². The Labute approximate surface area is 121 Å². The second-order valence-electron chi connectivity index (χ2n) is 5.12. The van der Waals surface area contributed by atoms with E-state index in [0.29, 0.717) is 13.0 Å². The number of Topliss-reactive ketones (excluding diaryl/α,β-unsaturated/α-hetero) is 1. The van der Waals surface area contributed by atoms with E-state index in [1.165, 1.54) is 19.1 Å². The van der Waals surface area contributed by atoms with Crippen LogP contribution in [0.3, 0.4) is 0 Å². The molecule has 0 aliphatic carbocycles. The third-order valence-corrected chi connectivity index (χ3v) is 3.77. The van der Waals surface area contributed by atoms with Gasteiger partial charge in [-0.3, -0.25) is 4.79 Å². The molecule has 0 N–H and O–H groups in total. The van der Waals surface area contributed by atoms with Crippen LogP contribution in [-0.2, 0) is 11.2 Å². The van der Waals surface area contributed by atoms with Gasteiger partial charge in [0.25, 0.3) is 0 Å². The molecule has 1 aliphatic heterocycles. The van der Waals surface area contributed by atoms with E-state index >= 15 is 0 Å². The van der Waals surface area contributed by atoms with Crippen LogP contribution in [0.4, 0.5) is 8.78 Å². The molecular formula is C17H14F2O2. The molecule has 0 saturated heterocycles. The van der Waals surface area contributed by atoms with Gasteiger partial charge < -0.3 is 4.74 Å². The van der Waals surface area contributed by atoms with E-state index in [1.807, 2.05) is 12.1 Å². The van der Waals surface area contributed by atoms with E-state index in [1.54, 1.807) is 12.1 Å². The minimum absolute atomic E-state index is 0.175. The Balaban J connectivity index is 2.03. The van der Waals surface area contributed by atoms with Gasteiger partial charge in [0.15, 0.2) is 17.4 Å². The van der Waals surface area contributed by atoms with Crippen molar-refractivity contribution in [3.8, 4) is 0 Å². The molecule has 2 aromatic carbocycles. The van der Waals surface area contributed by atoms with E-state index in [2.05, 4.69) is 0 Å². The van der Waals surface area contributed by atoms with Gasteiger partial charge in [-0.25, -0.2) is 8.78 Å². The van der Waals surface area contributed by atoms with Gasteiger partial charge in [0.1, 0.15) is 6.10 Å². The van der Waals surface area contributed by atoms with Crippen LogP contribution >= 0.6 is 0 Å². The quantitative estimate of drug-likeness (QED) is 0.786. The van der Waals surface area contributed by atoms with Crippen LogP contribution in [0.25, 0.3) is 0 Å². The van der Waals surface area contributed by atoms with Gasteiger partial charge in [0, 0.05) is 0 Å². The third-order valence-electron chi connectivity index (χ3n) is 3.77. The third kappa shape index (κ3) is 2.36. The highest BCUT2D eigenvalue weighted by molar-refractivity contribution is 6.00. The lowest BCUT2D eigenvalue weighted by Crippen LogP contribution is -2.24. The summed E-state index contributed by atoms with van der Waals surface area (Å²) in [6.07, 6.45) is -0.156. The maximum atomic E-state index is 14.0. The number of rotatable bonds is 2. The number of ketones is 1. The fourth-order valence-corrected chi connectivity index (χ4v) is 2.59.